The van der Waals surface area contributed by atoms with E-state index >= 15 is 0 Å². The number of hydrogen-bond acceptors (Lipinski definition) is 2. The van der Waals surface area contributed by atoms with Gasteiger partial charge in [-0.15, -0.1) is 0 Å². The van der Waals surface area contributed by atoms with Gasteiger partial charge >= 0.3 is 5.97 Å². The van der Waals surface area contributed by atoms with E-state index in [4.69, 9.17) is 4.74 Å². The van der Waals surface area contributed by atoms with E-state index in [-0.39, 0.29) is 6.10 Å². The highest BCUT2D eigenvalue weighted by atomic mass is 19.2. The summed E-state index contributed by atoms with van der Waals surface area (Å²) in [7, 11) is 0. The molecule has 0 radical (unpaired) electrons. The molecule has 0 aliphatic heterocycles. The van der Waals surface area contributed by atoms with Crippen LogP contribution in [0.25, 0.3) is 0 Å². The molecule has 0 saturated carbocycles. The second kappa shape index (κ2) is 7.92. The van der Waals surface area contributed by atoms with Crippen molar-refractivity contribution in [1.82, 2.24) is 0 Å². The first-order valence-electron chi connectivity index (χ1n) is 6.81. The highest BCUT2D eigenvalue weighted by Crippen LogP contribution is 2.17. The monoisotopic (exact) mass is 288 g/mol. The van der Waals surface area contributed by atoms with Crippen LogP contribution in [0, 0.1) is 17.5 Å². The molecule has 0 fully saturated rings. The van der Waals surface area contributed by atoms with Gasteiger partial charge in [0.25, 0.3) is 0 Å². The number of benzene rings is 1. The van der Waals surface area contributed by atoms with Gasteiger partial charge in [0.1, 0.15) is 0 Å². The first-order valence-corrected chi connectivity index (χ1v) is 6.81. The molecule has 0 amide bonds. The quantitative estimate of drug-likeness (QED) is 0.416. The number of esters is 1. The van der Waals surface area contributed by atoms with Crippen LogP contribution in [-0.4, -0.2) is 12.1 Å². The molecule has 0 aromatic heterocycles. The van der Waals surface area contributed by atoms with Crippen molar-refractivity contribution in [2.24, 2.45) is 0 Å². The van der Waals surface area contributed by atoms with E-state index in [1.807, 2.05) is 0 Å². The molecule has 0 spiro atoms. The Labute approximate surface area is 116 Å². The van der Waals surface area contributed by atoms with E-state index in [0.717, 1.165) is 31.7 Å². The van der Waals surface area contributed by atoms with Crippen LogP contribution < -0.4 is 0 Å². The van der Waals surface area contributed by atoms with Gasteiger partial charge in [-0.05, 0) is 31.9 Å². The number of halogens is 3. The zero-order valence-electron chi connectivity index (χ0n) is 11.7. The first kappa shape index (κ1) is 16.5. The Hall–Kier alpha value is -1.52. The van der Waals surface area contributed by atoms with E-state index in [9.17, 15) is 18.0 Å². The first-order chi connectivity index (χ1) is 9.47. The molecule has 1 rings (SSSR count). The molecule has 2 nitrogen and oxygen atoms in total. The average molecular weight is 288 g/mol. The topological polar surface area (TPSA) is 26.3 Å². The maximum Gasteiger partial charge on any atom is 0.341 e. The Bertz CT molecular complexity index is 461. The summed E-state index contributed by atoms with van der Waals surface area (Å²) in [6.07, 6.45) is 4.44. The maximum absolute atomic E-state index is 13.4. The Balaban J connectivity index is 2.56. The van der Waals surface area contributed by atoms with Crippen molar-refractivity contribution in [2.75, 3.05) is 0 Å². The Morgan fingerprint density at radius 3 is 2.50 bits per heavy atom. The Morgan fingerprint density at radius 2 is 1.85 bits per heavy atom. The summed E-state index contributed by atoms with van der Waals surface area (Å²) in [6, 6.07) is 1.60. The second-order valence-electron chi connectivity index (χ2n) is 4.79. The summed E-state index contributed by atoms with van der Waals surface area (Å²) in [5.74, 6) is -5.46. The number of hydrogen-bond donors (Lipinski definition) is 0. The molecular formula is C15H19F3O2. The maximum atomic E-state index is 13.4. The molecular weight excluding hydrogens is 269 g/mol. The fraction of sp³-hybridized carbons (Fsp3) is 0.533. The minimum absolute atomic E-state index is 0.383. The van der Waals surface area contributed by atoms with Gasteiger partial charge in [0, 0.05) is 0 Å². The predicted octanol–water partition coefficient (Wildman–Crippen LogP) is 4.62. The number of ether oxygens (including phenoxy) is 1. The molecule has 0 saturated heterocycles. The lowest BCUT2D eigenvalue weighted by molar-refractivity contribution is 0.0313. The zero-order chi connectivity index (χ0) is 15.1. The summed E-state index contributed by atoms with van der Waals surface area (Å²) in [5.41, 5.74) is -0.579. The van der Waals surface area contributed by atoms with E-state index < -0.39 is 29.0 Å². The molecule has 0 aliphatic rings. The zero-order valence-corrected chi connectivity index (χ0v) is 11.7. The molecule has 1 atom stereocenters. The molecule has 1 aromatic rings. The van der Waals surface area contributed by atoms with Crippen LogP contribution in [0.15, 0.2) is 12.1 Å². The highest BCUT2D eigenvalue weighted by molar-refractivity contribution is 5.89. The molecule has 0 heterocycles. The lowest BCUT2D eigenvalue weighted by atomic mass is 10.1. The second-order valence-corrected chi connectivity index (χ2v) is 4.79. The van der Waals surface area contributed by atoms with E-state index in [2.05, 4.69) is 6.92 Å². The number of carbonyl (C=O) groups is 1. The van der Waals surface area contributed by atoms with Gasteiger partial charge in [0.05, 0.1) is 11.7 Å². The number of rotatable bonds is 7. The molecule has 112 valence electrons. The fourth-order valence-electron chi connectivity index (χ4n) is 1.85. The third-order valence-corrected chi connectivity index (χ3v) is 3.03. The number of unbranched alkanes of at least 4 members (excludes halogenated alkanes) is 3. The van der Waals surface area contributed by atoms with Gasteiger partial charge in [-0.3, -0.25) is 0 Å². The summed E-state index contributed by atoms with van der Waals surface area (Å²) in [6.45, 7) is 3.79. The minimum atomic E-state index is -1.66. The molecule has 0 bridgehead atoms. The lowest BCUT2D eigenvalue weighted by Gasteiger charge is -2.13. The molecule has 20 heavy (non-hydrogen) atoms. The van der Waals surface area contributed by atoms with Crippen molar-refractivity contribution in [2.45, 2.75) is 52.1 Å². The Morgan fingerprint density at radius 1 is 1.15 bits per heavy atom. The molecule has 1 unspecified atom stereocenters. The summed E-state index contributed by atoms with van der Waals surface area (Å²) in [4.78, 5) is 11.7. The third-order valence-electron chi connectivity index (χ3n) is 3.03. The standard InChI is InChI=1S/C15H19F3O2/c1-3-4-5-6-7-10(2)20-15(19)11-8-9-12(16)14(18)13(11)17/h8-10H,3-7H2,1-2H3. The smallest absolute Gasteiger partial charge is 0.341 e. The van der Waals surface area contributed by atoms with Crippen LogP contribution in [0.5, 0.6) is 0 Å². The SMILES string of the molecule is CCCCCCC(C)OC(=O)c1ccc(F)c(F)c1F. The summed E-state index contributed by atoms with van der Waals surface area (Å²) < 4.78 is 44.2. The van der Waals surface area contributed by atoms with Crippen LogP contribution >= 0.6 is 0 Å². The van der Waals surface area contributed by atoms with Gasteiger partial charge in [-0.2, -0.15) is 0 Å². The molecule has 0 N–H and O–H groups in total. The van der Waals surface area contributed by atoms with Gasteiger partial charge in [-0.25, -0.2) is 18.0 Å². The molecule has 0 aliphatic carbocycles. The lowest BCUT2D eigenvalue weighted by Crippen LogP contribution is -2.17. The van der Waals surface area contributed by atoms with Crippen LogP contribution in [-0.2, 0) is 4.74 Å². The van der Waals surface area contributed by atoms with Gasteiger partial charge in [-0.1, -0.05) is 26.2 Å². The van der Waals surface area contributed by atoms with Crippen molar-refractivity contribution < 1.29 is 22.7 Å². The largest absolute Gasteiger partial charge is 0.459 e. The van der Waals surface area contributed by atoms with Crippen molar-refractivity contribution in [3.05, 3.63) is 35.1 Å². The summed E-state index contributed by atoms with van der Waals surface area (Å²) in [5, 5.41) is 0. The van der Waals surface area contributed by atoms with Gasteiger partial charge < -0.3 is 4.74 Å². The molecule has 1 aromatic carbocycles. The van der Waals surface area contributed by atoms with Crippen molar-refractivity contribution in [3.63, 3.8) is 0 Å². The van der Waals surface area contributed by atoms with E-state index in [1.54, 1.807) is 6.92 Å². The number of carbonyl (C=O) groups excluding carboxylic acids is 1. The normalized spacial score (nSPS) is 12.2. The van der Waals surface area contributed by atoms with Crippen LogP contribution in [0.2, 0.25) is 0 Å². The molecule has 5 heteroatoms. The fourth-order valence-corrected chi connectivity index (χ4v) is 1.85. The van der Waals surface area contributed by atoms with Crippen molar-refractivity contribution >= 4 is 5.97 Å². The van der Waals surface area contributed by atoms with Crippen molar-refractivity contribution in [3.8, 4) is 0 Å². The van der Waals surface area contributed by atoms with Gasteiger partial charge in [0.2, 0.25) is 0 Å². The third kappa shape index (κ3) is 4.54. The van der Waals surface area contributed by atoms with E-state index in [1.165, 1.54) is 0 Å². The minimum Gasteiger partial charge on any atom is -0.459 e. The average Bonchev–Trinajstić information content (AvgIpc) is 2.41. The van der Waals surface area contributed by atoms with Crippen LogP contribution in [0.4, 0.5) is 13.2 Å². The van der Waals surface area contributed by atoms with Crippen molar-refractivity contribution in [1.29, 1.82) is 0 Å². The van der Waals surface area contributed by atoms with Gasteiger partial charge in [0.15, 0.2) is 17.5 Å². The predicted molar refractivity (Wildman–Crippen MR) is 70.0 cm³/mol. The Kier molecular flexibility index (Phi) is 6.55. The van der Waals surface area contributed by atoms with Crippen LogP contribution in [0.3, 0.4) is 0 Å². The summed E-state index contributed by atoms with van der Waals surface area (Å²) >= 11 is 0. The highest BCUT2D eigenvalue weighted by Gasteiger charge is 2.21. The van der Waals surface area contributed by atoms with E-state index in [0.29, 0.717) is 12.5 Å². The van der Waals surface area contributed by atoms with Crippen LogP contribution in [0.1, 0.15) is 56.3 Å².